The van der Waals surface area contributed by atoms with Gasteiger partial charge in [0.15, 0.2) is 9.84 Å². The van der Waals surface area contributed by atoms with E-state index < -0.39 is 14.6 Å². The quantitative estimate of drug-likeness (QED) is 0.301. The van der Waals surface area contributed by atoms with E-state index in [0.717, 1.165) is 44.3 Å². The number of hydrogen-bond acceptors (Lipinski definition) is 5. The molecule has 0 spiro atoms. The van der Waals surface area contributed by atoms with E-state index in [1.165, 1.54) is 13.4 Å². The molecule has 35 heavy (non-hydrogen) atoms. The second-order valence-corrected chi connectivity index (χ2v) is 11.8. The van der Waals surface area contributed by atoms with Gasteiger partial charge < -0.3 is 4.74 Å². The molecule has 0 aliphatic rings. The number of benzene rings is 3. The Bertz CT molecular complexity index is 1490. The lowest BCUT2D eigenvalue weighted by atomic mass is 9.92. The number of carbonyl (C=O) groups excluding carboxylic acids is 1. The third-order valence-corrected chi connectivity index (χ3v) is 8.72. The van der Waals surface area contributed by atoms with Gasteiger partial charge in [-0.2, -0.15) is 0 Å². The number of sulfone groups is 1. The molecule has 3 aromatic carbocycles. The lowest BCUT2D eigenvalue weighted by molar-refractivity contribution is -0.140. The number of fused-ring (bicyclic) bond motifs is 1. The van der Waals surface area contributed by atoms with E-state index in [2.05, 4.69) is 11.1 Å². The lowest BCUT2D eigenvalue weighted by Crippen LogP contribution is -2.28. The Labute approximate surface area is 206 Å². The summed E-state index contributed by atoms with van der Waals surface area (Å²) in [5.41, 5.74) is 6.59. The Balaban J connectivity index is 1.76. The van der Waals surface area contributed by atoms with Crippen LogP contribution >= 0.6 is 0 Å². The molecule has 0 unspecified atom stereocenters. The Kier molecular flexibility index (Phi) is 6.77. The van der Waals surface area contributed by atoms with Gasteiger partial charge in [-0.05, 0) is 72.4 Å². The normalized spacial score (nSPS) is 12.0. The first-order valence-corrected chi connectivity index (χ1v) is 13.3. The number of ether oxygens (including phenoxy) is 1. The minimum atomic E-state index is -3.34. The predicted molar refractivity (Wildman–Crippen MR) is 141 cm³/mol. The predicted octanol–water partition coefficient (Wildman–Crippen LogP) is 5.95. The number of methoxy groups -OCH3 is 1. The van der Waals surface area contributed by atoms with E-state index in [1.54, 1.807) is 20.0 Å². The van der Waals surface area contributed by atoms with Crippen LogP contribution in [0, 0.1) is 0 Å². The number of esters is 1. The first kappa shape index (κ1) is 24.6. The summed E-state index contributed by atoms with van der Waals surface area (Å²) in [6.07, 6.45) is 4.01. The zero-order valence-corrected chi connectivity index (χ0v) is 21.2. The van der Waals surface area contributed by atoms with E-state index in [4.69, 9.17) is 4.74 Å². The molecule has 0 bridgehead atoms. The standard InChI is InChI=1S/C29H29NO4S/c1-29(2,35(4,32)33)25-18-24-9-6-16-30-28(24)26(19-25)23-8-5-7-22(17-23)21-13-10-20(11-14-21)12-15-27(31)34-3/h5-11,13-14,16-19H,12,15H2,1-4H3. The molecule has 0 atom stereocenters. The van der Waals surface area contributed by atoms with Gasteiger partial charge in [-0.25, -0.2) is 8.42 Å². The SMILES string of the molecule is COC(=O)CCc1ccc(-c2cccc(-c3cc(C(C)(C)S(C)(=O)=O)cc4cccnc34)c2)cc1. The number of rotatable bonds is 7. The smallest absolute Gasteiger partial charge is 0.305 e. The van der Waals surface area contributed by atoms with Crippen LogP contribution in [0.25, 0.3) is 33.2 Å². The minimum Gasteiger partial charge on any atom is -0.469 e. The molecule has 5 nitrogen and oxygen atoms in total. The maximum Gasteiger partial charge on any atom is 0.305 e. The van der Waals surface area contributed by atoms with Crippen molar-refractivity contribution in [3.05, 3.63) is 90.1 Å². The van der Waals surface area contributed by atoms with Crippen LogP contribution in [0.5, 0.6) is 0 Å². The van der Waals surface area contributed by atoms with Crippen molar-refractivity contribution < 1.29 is 17.9 Å². The summed E-state index contributed by atoms with van der Waals surface area (Å²) in [7, 11) is -1.94. The van der Waals surface area contributed by atoms with E-state index in [1.807, 2.05) is 66.7 Å². The monoisotopic (exact) mass is 487 g/mol. The number of hydrogen-bond donors (Lipinski definition) is 0. The van der Waals surface area contributed by atoms with Crippen LogP contribution in [0.15, 0.2) is 79.0 Å². The molecular weight excluding hydrogens is 458 g/mol. The fourth-order valence-electron chi connectivity index (χ4n) is 4.05. The highest BCUT2D eigenvalue weighted by molar-refractivity contribution is 7.91. The highest BCUT2D eigenvalue weighted by Gasteiger charge is 2.33. The molecule has 0 aliphatic heterocycles. The molecule has 0 aliphatic carbocycles. The van der Waals surface area contributed by atoms with Crippen molar-refractivity contribution in [2.75, 3.05) is 13.4 Å². The van der Waals surface area contributed by atoms with Gasteiger partial charge in [0.05, 0.1) is 17.4 Å². The van der Waals surface area contributed by atoms with Gasteiger partial charge in [0.2, 0.25) is 0 Å². The van der Waals surface area contributed by atoms with E-state index >= 15 is 0 Å². The van der Waals surface area contributed by atoms with Crippen molar-refractivity contribution in [3.8, 4) is 22.3 Å². The van der Waals surface area contributed by atoms with Gasteiger partial charge in [0, 0.05) is 29.8 Å². The average Bonchev–Trinajstić information content (AvgIpc) is 2.86. The summed E-state index contributed by atoms with van der Waals surface area (Å²) in [6, 6.07) is 24.0. The van der Waals surface area contributed by atoms with Gasteiger partial charge in [0.25, 0.3) is 0 Å². The topological polar surface area (TPSA) is 73.3 Å². The number of carbonyl (C=O) groups is 1. The molecule has 0 N–H and O–H groups in total. The Morgan fingerprint density at radius 2 is 1.63 bits per heavy atom. The molecule has 4 rings (SSSR count). The number of aromatic nitrogens is 1. The van der Waals surface area contributed by atoms with Crippen molar-refractivity contribution in [1.82, 2.24) is 4.98 Å². The first-order chi connectivity index (χ1) is 16.6. The van der Waals surface area contributed by atoms with Crippen molar-refractivity contribution in [3.63, 3.8) is 0 Å². The molecular formula is C29H29NO4S. The number of aryl methyl sites for hydroxylation is 1. The molecule has 0 amide bonds. The Morgan fingerprint density at radius 1 is 0.914 bits per heavy atom. The van der Waals surface area contributed by atoms with E-state index in [0.29, 0.717) is 12.8 Å². The van der Waals surface area contributed by atoms with Crippen LogP contribution in [0.4, 0.5) is 0 Å². The second kappa shape index (κ2) is 9.62. The molecule has 0 saturated heterocycles. The van der Waals surface area contributed by atoms with Gasteiger partial charge in [-0.3, -0.25) is 9.78 Å². The van der Waals surface area contributed by atoms with E-state index in [-0.39, 0.29) is 5.97 Å². The van der Waals surface area contributed by atoms with Crippen LogP contribution in [0.3, 0.4) is 0 Å². The van der Waals surface area contributed by atoms with Gasteiger partial charge in [-0.1, -0.05) is 48.5 Å². The molecule has 0 radical (unpaired) electrons. The summed E-state index contributed by atoms with van der Waals surface area (Å²) in [6.45, 7) is 3.48. The fourth-order valence-corrected chi connectivity index (χ4v) is 4.60. The first-order valence-electron chi connectivity index (χ1n) is 11.5. The van der Waals surface area contributed by atoms with Gasteiger partial charge in [0.1, 0.15) is 0 Å². The Morgan fingerprint density at radius 3 is 2.31 bits per heavy atom. The highest BCUT2D eigenvalue weighted by Crippen LogP contribution is 2.37. The summed E-state index contributed by atoms with van der Waals surface area (Å²) < 4.78 is 28.8. The summed E-state index contributed by atoms with van der Waals surface area (Å²) >= 11 is 0. The van der Waals surface area contributed by atoms with Crippen LogP contribution in [-0.2, 0) is 30.5 Å². The van der Waals surface area contributed by atoms with E-state index in [9.17, 15) is 13.2 Å². The summed E-state index contributed by atoms with van der Waals surface area (Å²) in [5.74, 6) is -0.219. The minimum absolute atomic E-state index is 0.219. The second-order valence-electron chi connectivity index (χ2n) is 9.24. The third-order valence-electron chi connectivity index (χ3n) is 6.63. The highest BCUT2D eigenvalue weighted by atomic mass is 32.2. The summed E-state index contributed by atoms with van der Waals surface area (Å²) in [4.78, 5) is 16.0. The van der Waals surface area contributed by atoms with Crippen molar-refractivity contribution in [1.29, 1.82) is 0 Å². The molecule has 1 heterocycles. The zero-order chi connectivity index (χ0) is 25.2. The molecule has 6 heteroatoms. The third kappa shape index (κ3) is 5.13. The maximum atomic E-state index is 12.6. The van der Waals surface area contributed by atoms with Crippen LogP contribution < -0.4 is 0 Å². The van der Waals surface area contributed by atoms with Gasteiger partial charge >= 0.3 is 5.97 Å². The molecule has 4 aromatic rings. The lowest BCUT2D eigenvalue weighted by Gasteiger charge is -2.24. The van der Waals surface area contributed by atoms with Crippen LogP contribution in [-0.4, -0.2) is 32.7 Å². The largest absolute Gasteiger partial charge is 0.469 e. The van der Waals surface area contributed by atoms with Crippen molar-refractivity contribution in [2.24, 2.45) is 0 Å². The van der Waals surface area contributed by atoms with Crippen LogP contribution in [0.2, 0.25) is 0 Å². The molecule has 180 valence electrons. The number of nitrogens with zero attached hydrogens (tertiary/aromatic N) is 1. The molecule has 1 aromatic heterocycles. The average molecular weight is 488 g/mol. The van der Waals surface area contributed by atoms with Crippen LogP contribution in [0.1, 0.15) is 31.4 Å². The zero-order valence-electron chi connectivity index (χ0n) is 20.4. The van der Waals surface area contributed by atoms with Crippen molar-refractivity contribution in [2.45, 2.75) is 31.4 Å². The van der Waals surface area contributed by atoms with Crippen molar-refractivity contribution >= 4 is 26.7 Å². The summed E-state index contributed by atoms with van der Waals surface area (Å²) in [5, 5.41) is 0.900. The molecule has 0 fully saturated rings. The molecule has 0 saturated carbocycles. The maximum absolute atomic E-state index is 12.6. The Hall–Kier alpha value is -3.51. The van der Waals surface area contributed by atoms with Gasteiger partial charge in [-0.15, -0.1) is 0 Å². The fraction of sp³-hybridized carbons (Fsp3) is 0.241. The number of pyridine rings is 1.